The molecule has 1 amide bonds. The molecule has 0 bridgehead atoms. The van der Waals surface area contributed by atoms with Crippen molar-refractivity contribution in [2.75, 3.05) is 20.2 Å². The van der Waals surface area contributed by atoms with Gasteiger partial charge in [0.2, 0.25) is 11.8 Å². The standard InChI is InChI=1S/C21H23BrClN3O2/c1-21(20(27)24-14-7-8-14)11-26(12-21)10-13-6-9-17(25-19(13)28-2)15-4-3-5-16(22)18(15)23/h3-6,9,14H,7-8,10-12H2,1-2H3,(H,24,27). The number of rotatable bonds is 6. The van der Waals surface area contributed by atoms with Crippen LogP contribution in [0.1, 0.15) is 25.3 Å². The molecule has 4 rings (SSSR count). The first-order valence-electron chi connectivity index (χ1n) is 9.41. The van der Waals surface area contributed by atoms with E-state index in [0.717, 1.165) is 47.2 Å². The highest BCUT2D eigenvalue weighted by Gasteiger charge is 2.46. The summed E-state index contributed by atoms with van der Waals surface area (Å²) >= 11 is 9.86. The zero-order valence-electron chi connectivity index (χ0n) is 16.0. The Balaban J connectivity index is 1.46. The summed E-state index contributed by atoms with van der Waals surface area (Å²) in [6.07, 6.45) is 2.23. The van der Waals surface area contributed by atoms with Crippen molar-refractivity contribution in [2.24, 2.45) is 5.41 Å². The number of likely N-dealkylation sites (tertiary alicyclic amines) is 1. The number of carbonyl (C=O) groups is 1. The fraction of sp³-hybridized carbons (Fsp3) is 0.429. The van der Waals surface area contributed by atoms with Gasteiger partial charge in [-0.3, -0.25) is 9.69 Å². The Hall–Kier alpha value is -1.63. The van der Waals surface area contributed by atoms with Crippen molar-refractivity contribution in [3.8, 4) is 17.1 Å². The molecule has 1 aromatic carbocycles. The van der Waals surface area contributed by atoms with Crippen molar-refractivity contribution in [3.05, 3.63) is 45.4 Å². The van der Waals surface area contributed by atoms with Crippen LogP contribution in [-0.4, -0.2) is 42.0 Å². The second-order valence-electron chi connectivity index (χ2n) is 7.92. The summed E-state index contributed by atoms with van der Waals surface area (Å²) in [7, 11) is 1.63. The number of nitrogens with one attached hydrogen (secondary N) is 1. The number of aromatic nitrogens is 1. The maximum atomic E-state index is 12.4. The van der Waals surface area contributed by atoms with Crippen LogP contribution in [0.15, 0.2) is 34.8 Å². The zero-order chi connectivity index (χ0) is 19.9. The molecule has 1 N–H and O–H groups in total. The van der Waals surface area contributed by atoms with Crippen LogP contribution in [0.25, 0.3) is 11.3 Å². The van der Waals surface area contributed by atoms with Crippen molar-refractivity contribution in [2.45, 2.75) is 32.4 Å². The van der Waals surface area contributed by atoms with Gasteiger partial charge in [0, 0.05) is 41.3 Å². The molecule has 1 saturated carbocycles. The Morgan fingerprint density at radius 1 is 1.36 bits per heavy atom. The van der Waals surface area contributed by atoms with E-state index in [4.69, 9.17) is 16.3 Å². The monoisotopic (exact) mass is 463 g/mol. The number of ether oxygens (including phenoxy) is 1. The third-order valence-corrected chi connectivity index (χ3v) is 6.66. The van der Waals surface area contributed by atoms with Gasteiger partial charge in [0.05, 0.1) is 23.2 Å². The minimum atomic E-state index is -0.299. The number of carbonyl (C=O) groups excluding carboxylic acids is 1. The van der Waals surface area contributed by atoms with Crippen molar-refractivity contribution < 1.29 is 9.53 Å². The molecule has 1 saturated heterocycles. The Morgan fingerprint density at radius 2 is 2.11 bits per heavy atom. The predicted molar refractivity (Wildman–Crippen MR) is 113 cm³/mol. The SMILES string of the molecule is COc1nc(-c2cccc(Br)c2Cl)ccc1CN1CC(C)(C(=O)NC2CC2)C1. The topological polar surface area (TPSA) is 54.5 Å². The number of hydrogen-bond acceptors (Lipinski definition) is 4. The number of nitrogens with zero attached hydrogens (tertiary/aromatic N) is 2. The summed E-state index contributed by atoms with van der Waals surface area (Å²) in [5.74, 6) is 0.764. The lowest BCUT2D eigenvalue weighted by Crippen LogP contribution is -2.61. The smallest absolute Gasteiger partial charge is 0.228 e. The number of hydrogen-bond donors (Lipinski definition) is 1. The average molecular weight is 465 g/mol. The highest BCUT2D eigenvalue weighted by Crippen LogP contribution is 2.36. The molecular formula is C21H23BrClN3O2. The molecule has 7 heteroatoms. The molecule has 1 aliphatic heterocycles. The first-order valence-corrected chi connectivity index (χ1v) is 10.6. The van der Waals surface area contributed by atoms with Gasteiger partial charge < -0.3 is 10.1 Å². The lowest BCUT2D eigenvalue weighted by Gasteiger charge is -2.46. The molecule has 2 fully saturated rings. The van der Waals surface area contributed by atoms with E-state index >= 15 is 0 Å². The Bertz CT molecular complexity index is 911. The second kappa shape index (κ2) is 7.65. The van der Waals surface area contributed by atoms with Crippen molar-refractivity contribution in [1.82, 2.24) is 15.2 Å². The zero-order valence-corrected chi connectivity index (χ0v) is 18.3. The summed E-state index contributed by atoms with van der Waals surface area (Å²) in [5.41, 5.74) is 2.33. The van der Waals surface area contributed by atoms with Crippen LogP contribution in [-0.2, 0) is 11.3 Å². The van der Waals surface area contributed by atoms with Crippen LogP contribution in [0.5, 0.6) is 5.88 Å². The first kappa shape index (κ1) is 19.7. The minimum absolute atomic E-state index is 0.177. The van der Waals surface area contributed by atoms with Gasteiger partial charge in [-0.25, -0.2) is 4.98 Å². The Morgan fingerprint density at radius 3 is 2.79 bits per heavy atom. The molecule has 28 heavy (non-hydrogen) atoms. The summed E-state index contributed by atoms with van der Waals surface area (Å²) in [4.78, 5) is 19.3. The van der Waals surface area contributed by atoms with Crippen LogP contribution in [0.4, 0.5) is 0 Å². The minimum Gasteiger partial charge on any atom is -0.481 e. The third-order valence-electron chi connectivity index (χ3n) is 5.36. The Labute approximate surface area is 178 Å². The van der Waals surface area contributed by atoms with Gasteiger partial charge in [-0.05, 0) is 47.8 Å². The van der Waals surface area contributed by atoms with E-state index in [2.05, 4.69) is 31.1 Å². The van der Waals surface area contributed by atoms with Crippen LogP contribution in [0, 0.1) is 5.41 Å². The summed E-state index contributed by atoms with van der Waals surface area (Å²) in [6, 6.07) is 10.2. The predicted octanol–water partition coefficient (Wildman–Crippen LogP) is 4.27. The van der Waals surface area contributed by atoms with E-state index in [-0.39, 0.29) is 11.3 Å². The molecule has 148 valence electrons. The van der Waals surface area contributed by atoms with E-state index < -0.39 is 0 Å². The third kappa shape index (κ3) is 3.91. The number of pyridine rings is 1. The molecule has 1 aromatic heterocycles. The van der Waals surface area contributed by atoms with Gasteiger partial charge >= 0.3 is 0 Å². The highest BCUT2D eigenvalue weighted by atomic mass is 79.9. The van der Waals surface area contributed by atoms with Crippen molar-refractivity contribution >= 4 is 33.4 Å². The van der Waals surface area contributed by atoms with E-state index in [1.807, 2.05) is 37.3 Å². The van der Waals surface area contributed by atoms with Crippen molar-refractivity contribution in [1.29, 1.82) is 0 Å². The molecule has 1 aliphatic carbocycles. The van der Waals surface area contributed by atoms with Crippen LogP contribution >= 0.6 is 27.5 Å². The lowest BCUT2D eigenvalue weighted by molar-refractivity contribution is -0.140. The van der Waals surface area contributed by atoms with Crippen molar-refractivity contribution in [3.63, 3.8) is 0 Å². The van der Waals surface area contributed by atoms with E-state index in [1.54, 1.807) is 7.11 Å². The first-order chi connectivity index (χ1) is 13.4. The lowest BCUT2D eigenvalue weighted by atomic mass is 9.80. The van der Waals surface area contributed by atoms with E-state index in [0.29, 0.717) is 23.5 Å². The molecule has 0 atom stereocenters. The van der Waals surface area contributed by atoms with Gasteiger partial charge in [0.15, 0.2) is 0 Å². The summed E-state index contributed by atoms with van der Waals surface area (Å²) < 4.78 is 6.37. The quantitative estimate of drug-likeness (QED) is 0.693. The molecule has 0 unspecified atom stereocenters. The number of benzene rings is 1. The fourth-order valence-corrected chi connectivity index (χ4v) is 4.23. The maximum absolute atomic E-state index is 12.4. The number of halogens is 2. The Kier molecular flexibility index (Phi) is 5.38. The van der Waals surface area contributed by atoms with Crippen LogP contribution < -0.4 is 10.1 Å². The van der Waals surface area contributed by atoms with E-state index in [9.17, 15) is 4.79 Å². The molecule has 2 heterocycles. The van der Waals surface area contributed by atoms with Gasteiger partial charge in [-0.15, -0.1) is 0 Å². The van der Waals surface area contributed by atoms with Gasteiger partial charge in [-0.1, -0.05) is 29.8 Å². The number of amides is 1. The molecular weight excluding hydrogens is 442 g/mol. The fourth-order valence-electron chi connectivity index (χ4n) is 3.64. The van der Waals surface area contributed by atoms with Crippen LogP contribution in [0.3, 0.4) is 0 Å². The molecule has 0 radical (unpaired) electrons. The van der Waals surface area contributed by atoms with E-state index in [1.165, 1.54) is 0 Å². The second-order valence-corrected chi connectivity index (χ2v) is 9.15. The number of methoxy groups -OCH3 is 1. The van der Waals surface area contributed by atoms with Gasteiger partial charge in [0.1, 0.15) is 0 Å². The molecule has 2 aromatic rings. The molecule has 2 aliphatic rings. The van der Waals surface area contributed by atoms with Gasteiger partial charge in [-0.2, -0.15) is 0 Å². The summed E-state index contributed by atoms with van der Waals surface area (Å²) in [5, 5.41) is 3.75. The van der Waals surface area contributed by atoms with Crippen LogP contribution in [0.2, 0.25) is 5.02 Å². The molecule has 0 spiro atoms. The normalized spacial score (nSPS) is 18.4. The molecule has 5 nitrogen and oxygen atoms in total. The highest BCUT2D eigenvalue weighted by molar-refractivity contribution is 9.10. The van der Waals surface area contributed by atoms with Gasteiger partial charge in [0.25, 0.3) is 0 Å². The average Bonchev–Trinajstić information content (AvgIpc) is 3.47. The maximum Gasteiger partial charge on any atom is 0.228 e. The summed E-state index contributed by atoms with van der Waals surface area (Å²) in [6.45, 7) is 4.23. The largest absolute Gasteiger partial charge is 0.481 e.